The highest BCUT2D eigenvalue weighted by Gasteiger charge is 2.38. The number of anilines is 1. The van der Waals surface area contributed by atoms with Crippen molar-refractivity contribution in [3.63, 3.8) is 0 Å². The minimum absolute atomic E-state index is 0.0901. The van der Waals surface area contributed by atoms with Crippen molar-refractivity contribution >= 4 is 29.1 Å². The van der Waals surface area contributed by atoms with Crippen molar-refractivity contribution in [1.82, 2.24) is 10.2 Å². The number of para-hydroxylation sites is 1. The van der Waals surface area contributed by atoms with Crippen LogP contribution in [0.15, 0.2) is 65.1 Å². The molecule has 0 spiro atoms. The fourth-order valence-corrected chi connectivity index (χ4v) is 3.68. The van der Waals surface area contributed by atoms with Crippen LogP contribution < -0.4 is 10.2 Å². The van der Waals surface area contributed by atoms with Gasteiger partial charge < -0.3 is 19.5 Å². The maximum atomic E-state index is 13.0. The molecular weight excluding hydrogens is 390 g/mol. The minimum Gasteiger partial charge on any atom is -0.457 e. The fraction of sp³-hybridized carbons (Fsp3) is 0.182. The number of rotatable bonds is 4. The number of hydrogen-bond donors (Lipinski definition) is 1. The van der Waals surface area contributed by atoms with Gasteiger partial charge in [-0.2, -0.15) is 0 Å². The summed E-state index contributed by atoms with van der Waals surface area (Å²) >= 11 is 5.97. The summed E-state index contributed by atoms with van der Waals surface area (Å²) in [7, 11) is 3.30. The van der Waals surface area contributed by atoms with E-state index < -0.39 is 6.17 Å². The lowest BCUT2D eigenvalue weighted by Gasteiger charge is -2.42. The van der Waals surface area contributed by atoms with Crippen LogP contribution in [0, 0.1) is 0 Å². The molecule has 2 amide bonds. The molecule has 0 aliphatic carbocycles. The van der Waals surface area contributed by atoms with E-state index in [0.717, 1.165) is 5.56 Å². The number of fused-ring (bicyclic) bond motifs is 1. The Morgan fingerprint density at radius 2 is 1.83 bits per heavy atom. The first kappa shape index (κ1) is 19.1. The lowest BCUT2D eigenvalue weighted by atomic mass is 10.0. The number of nitrogens with one attached hydrogen (secondary N) is 1. The molecular formula is C22H20ClN3O3. The van der Waals surface area contributed by atoms with Crippen molar-refractivity contribution in [2.24, 2.45) is 0 Å². The van der Waals surface area contributed by atoms with E-state index >= 15 is 0 Å². The van der Waals surface area contributed by atoms with Crippen LogP contribution in [0.3, 0.4) is 0 Å². The molecule has 1 aliphatic heterocycles. The molecule has 0 bridgehead atoms. The second-order valence-electron chi connectivity index (χ2n) is 6.82. The number of carbonyl (C=O) groups is 2. The maximum Gasteiger partial charge on any atom is 0.257 e. The lowest BCUT2D eigenvalue weighted by molar-refractivity contribution is -0.119. The molecule has 1 atom stereocenters. The summed E-state index contributed by atoms with van der Waals surface area (Å²) in [5.41, 5.74) is 2.14. The Bertz CT molecular complexity index is 1060. The summed E-state index contributed by atoms with van der Waals surface area (Å²) in [4.78, 5) is 28.6. The molecule has 0 unspecified atom stereocenters. The SMILES string of the molecule is CNC(=O)CN1c2ccccc2C(=O)N(C)[C@@H]1c1ccc(-c2ccc(Cl)cc2)o1. The summed E-state index contributed by atoms with van der Waals surface area (Å²) in [6.45, 7) is 0.0901. The van der Waals surface area contributed by atoms with Gasteiger partial charge in [0.15, 0.2) is 6.17 Å². The third kappa shape index (κ3) is 3.47. The number of likely N-dealkylation sites (N-methyl/N-ethyl adjacent to an activating group) is 1. The van der Waals surface area contributed by atoms with Crippen LogP contribution in [0.5, 0.6) is 0 Å². The van der Waals surface area contributed by atoms with Gasteiger partial charge in [0, 0.05) is 24.7 Å². The van der Waals surface area contributed by atoms with Gasteiger partial charge in [0.25, 0.3) is 5.91 Å². The molecule has 4 rings (SSSR count). The van der Waals surface area contributed by atoms with E-state index in [2.05, 4.69) is 5.32 Å². The highest BCUT2D eigenvalue weighted by atomic mass is 35.5. The number of furan rings is 1. The zero-order valence-corrected chi connectivity index (χ0v) is 16.8. The summed E-state index contributed by atoms with van der Waals surface area (Å²) in [6, 6.07) is 18.3. The summed E-state index contributed by atoms with van der Waals surface area (Å²) in [5, 5.41) is 3.30. The van der Waals surface area contributed by atoms with E-state index in [1.165, 1.54) is 0 Å². The van der Waals surface area contributed by atoms with Gasteiger partial charge in [-0.25, -0.2) is 0 Å². The molecule has 29 heavy (non-hydrogen) atoms. The van der Waals surface area contributed by atoms with Crippen molar-refractivity contribution in [2.45, 2.75) is 6.17 Å². The normalized spacial score (nSPS) is 16.0. The Labute approximate surface area is 173 Å². The largest absolute Gasteiger partial charge is 0.457 e. The summed E-state index contributed by atoms with van der Waals surface area (Å²) in [6.07, 6.45) is -0.546. The Morgan fingerprint density at radius 1 is 1.10 bits per heavy atom. The predicted molar refractivity (Wildman–Crippen MR) is 112 cm³/mol. The van der Waals surface area contributed by atoms with Crippen molar-refractivity contribution in [1.29, 1.82) is 0 Å². The molecule has 0 saturated carbocycles. The van der Waals surface area contributed by atoms with Crippen molar-refractivity contribution in [3.05, 3.63) is 77.0 Å². The number of halogens is 1. The first-order valence-corrected chi connectivity index (χ1v) is 9.56. The number of hydrogen-bond acceptors (Lipinski definition) is 4. The molecule has 0 fully saturated rings. The van der Waals surface area contributed by atoms with E-state index in [0.29, 0.717) is 27.8 Å². The van der Waals surface area contributed by atoms with Gasteiger partial charge in [0.05, 0.1) is 17.8 Å². The van der Waals surface area contributed by atoms with Gasteiger partial charge in [0.2, 0.25) is 5.91 Å². The fourth-order valence-electron chi connectivity index (χ4n) is 3.56. The average molecular weight is 410 g/mol. The van der Waals surface area contributed by atoms with E-state index in [1.54, 1.807) is 37.2 Å². The van der Waals surface area contributed by atoms with Crippen LogP contribution in [0.1, 0.15) is 22.3 Å². The Hall–Kier alpha value is -3.25. The Balaban J connectivity index is 1.77. The second kappa shape index (κ2) is 7.64. The molecule has 1 aromatic heterocycles. The molecule has 2 aromatic carbocycles. The number of carbonyl (C=O) groups excluding carboxylic acids is 2. The van der Waals surface area contributed by atoms with E-state index in [1.807, 2.05) is 47.4 Å². The third-order valence-corrected chi connectivity index (χ3v) is 5.28. The van der Waals surface area contributed by atoms with E-state index in [-0.39, 0.29) is 18.4 Å². The quantitative estimate of drug-likeness (QED) is 0.708. The van der Waals surface area contributed by atoms with Crippen molar-refractivity contribution < 1.29 is 14.0 Å². The minimum atomic E-state index is -0.546. The van der Waals surface area contributed by atoms with Gasteiger partial charge in [0.1, 0.15) is 11.5 Å². The molecule has 0 saturated heterocycles. The summed E-state index contributed by atoms with van der Waals surface area (Å²) in [5.74, 6) is 0.959. The molecule has 6 nitrogen and oxygen atoms in total. The van der Waals surface area contributed by atoms with Gasteiger partial charge in [-0.3, -0.25) is 9.59 Å². The molecule has 3 aromatic rings. The van der Waals surface area contributed by atoms with Crippen LogP contribution in [0.4, 0.5) is 5.69 Å². The van der Waals surface area contributed by atoms with Gasteiger partial charge in [-0.15, -0.1) is 0 Å². The predicted octanol–water partition coefficient (Wildman–Crippen LogP) is 3.94. The second-order valence-corrected chi connectivity index (χ2v) is 7.25. The number of amides is 2. The number of benzene rings is 2. The topological polar surface area (TPSA) is 65.8 Å². The smallest absolute Gasteiger partial charge is 0.257 e. The molecule has 0 radical (unpaired) electrons. The third-order valence-electron chi connectivity index (χ3n) is 5.03. The lowest BCUT2D eigenvalue weighted by Crippen LogP contribution is -2.50. The number of nitrogens with zero attached hydrogens (tertiary/aromatic N) is 2. The van der Waals surface area contributed by atoms with Gasteiger partial charge >= 0.3 is 0 Å². The Morgan fingerprint density at radius 3 is 2.55 bits per heavy atom. The Kier molecular flexibility index (Phi) is 5.03. The zero-order chi connectivity index (χ0) is 20.5. The molecule has 1 N–H and O–H groups in total. The first-order valence-electron chi connectivity index (χ1n) is 9.18. The van der Waals surface area contributed by atoms with E-state index in [4.69, 9.17) is 16.0 Å². The molecule has 1 aliphatic rings. The maximum absolute atomic E-state index is 13.0. The highest BCUT2D eigenvalue weighted by Crippen LogP contribution is 2.39. The van der Waals surface area contributed by atoms with Crippen LogP contribution in [-0.2, 0) is 4.79 Å². The molecule has 148 valence electrons. The highest BCUT2D eigenvalue weighted by molar-refractivity contribution is 6.30. The summed E-state index contributed by atoms with van der Waals surface area (Å²) < 4.78 is 6.12. The van der Waals surface area contributed by atoms with Crippen LogP contribution in [0.25, 0.3) is 11.3 Å². The molecule has 2 heterocycles. The van der Waals surface area contributed by atoms with Gasteiger partial charge in [-0.1, -0.05) is 23.7 Å². The van der Waals surface area contributed by atoms with E-state index in [9.17, 15) is 9.59 Å². The average Bonchev–Trinajstić information content (AvgIpc) is 3.22. The zero-order valence-electron chi connectivity index (χ0n) is 16.1. The first-order chi connectivity index (χ1) is 14.0. The van der Waals surface area contributed by atoms with Crippen molar-refractivity contribution in [3.8, 4) is 11.3 Å². The van der Waals surface area contributed by atoms with Gasteiger partial charge in [-0.05, 0) is 48.5 Å². The van der Waals surface area contributed by atoms with Crippen molar-refractivity contribution in [2.75, 3.05) is 25.5 Å². The molecule has 7 heteroatoms. The monoisotopic (exact) mass is 409 g/mol. The van der Waals surface area contributed by atoms with Crippen LogP contribution in [-0.4, -0.2) is 37.4 Å². The standard InChI is InChI=1S/C22H20ClN3O3/c1-24-20(27)13-26-17-6-4-3-5-16(17)22(28)25(2)21(26)19-12-11-18(29-19)14-7-9-15(23)10-8-14/h3-12,21H,13H2,1-2H3,(H,24,27)/t21-/m0/s1. The van der Waals surface area contributed by atoms with Crippen LogP contribution >= 0.6 is 11.6 Å². The van der Waals surface area contributed by atoms with Crippen LogP contribution in [0.2, 0.25) is 5.02 Å².